The Bertz CT molecular complexity index is 416. The fourth-order valence-corrected chi connectivity index (χ4v) is 1.88. The van der Waals surface area contributed by atoms with Crippen LogP contribution in [0, 0.1) is 0 Å². The first kappa shape index (κ1) is 16.8. The highest BCUT2D eigenvalue weighted by atomic mass is 16.5. The van der Waals surface area contributed by atoms with Gasteiger partial charge in [-0.05, 0) is 51.8 Å². The van der Waals surface area contributed by atoms with Crippen LogP contribution < -0.4 is 14.8 Å². The van der Waals surface area contributed by atoms with Crippen molar-refractivity contribution in [3.63, 3.8) is 0 Å². The van der Waals surface area contributed by atoms with Crippen LogP contribution in [0.4, 0.5) is 0 Å². The highest BCUT2D eigenvalue weighted by Crippen LogP contribution is 2.29. The van der Waals surface area contributed by atoms with E-state index in [0.717, 1.165) is 30.0 Å². The Labute approximate surface area is 122 Å². The maximum absolute atomic E-state index is 9.02. The first-order chi connectivity index (χ1) is 9.38. The van der Waals surface area contributed by atoms with Crippen molar-refractivity contribution in [2.75, 3.05) is 13.7 Å². The summed E-state index contributed by atoms with van der Waals surface area (Å²) in [4.78, 5) is 0. The van der Waals surface area contributed by atoms with Gasteiger partial charge in [0.05, 0.1) is 13.2 Å². The SMILES string of the molecule is COc1cc(CNC(C)(C)CCO)ccc1OC(C)C. The molecule has 0 spiro atoms. The number of nitrogens with one attached hydrogen (secondary N) is 1. The lowest BCUT2D eigenvalue weighted by Crippen LogP contribution is -2.39. The van der Waals surface area contributed by atoms with Gasteiger partial charge in [-0.25, -0.2) is 0 Å². The van der Waals surface area contributed by atoms with E-state index in [1.807, 2.05) is 32.0 Å². The molecule has 2 N–H and O–H groups in total. The predicted octanol–water partition coefficient (Wildman–Crippen LogP) is 2.73. The van der Waals surface area contributed by atoms with Gasteiger partial charge in [-0.1, -0.05) is 6.07 Å². The average molecular weight is 281 g/mol. The number of rotatable bonds is 8. The zero-order valence-electron chi connectivity index (χ0n) is 13.2. The topological polar surface area (TPSA) is 50.7 Å². The van der Waals surface area contributed by atoms with Crippen molar-refractivity contribution >= 4 is 0 Å². The number of aliphatic hydroxyl groups is 1. The third-order valence-corrected chi connectivity index (χ3v) is 3.10. The Balaban J connectivity index is 2.73. The van der Waals surface area contributed by atoms with Gasteiger partial charge in [0.2, 0.25) is 0 Å². The first-order valence-corrected chi connectivity index (χ1v) is 7.07. The van der Waals surface area contributed by atoms with Crippen molar-refractivity contribution in [1.29, 1.82) is 0 Å². The molecule has 0 fully saturated rings. The lowest BCUT2D eigenvalue weighted by Gasteiger charge is -2.25. The van der Waals surface area contributed by atoms with Crippen LogP contribution in [0.15, 0.2) is 18.2 Å². The van der Waals surface area contributed by atoms with Gasteiger partial charge in [0, 0.05) is 18.7 Å². The molecule has 0 aliphatic heterocycles. The van der Waals surface area contributed by atoms with Crippen LogP contribution in [0.25, 0.3) is 0 Å². The Morgan fingerprint density at radius 1 is 1.25 bits per heavy atom. The molecule has 0 radical (unpaired) electrons. The molecule has 0 aromatic heterocycles. The fourth-order valence-electron chi connectivity index (χ4n) is 1.88. The summed E-state index contributed by atoms with van der Waals surface area (Å²) < 4.78 is 11.1. The number of ether oxygens (including phenoxy) is 2. The number of hydrogen-bond donors (Lipinski definition) is 2. The largest absolute Gasteiger partial charge is 0.493 e. The molecule has 0 bridgehead atoms. The highest BCUT2D eigenvalue weighted by Gasteiger charge is 2.16. The zero-order valence-corrected chi connectivity index (χ0v) is 13.2. The Morgan fingerprint density at radius 2 is 1.95 bits per heavy atom. The van der Waals surface area contributed by atoms with Crippen LogP contribution in [-0.2, 0) is 6.54 Å². The summed E-state index contributed by atoms with van der Waals surface area (Å²) in [6, 6.07) is 5.96. The Kier molecular flexibility index (Phi) is 6.30. The molecule has 0 amide bonds. The molecule has 1 rings (SSSR count). The van der Waals surface area contributed by atoms with Crippen LogP contribution in [0.3, 0.4) is 0 Å². The van der Waals surface area contributed by atoms with Gasteiger partial charge in [0.15, 0.2) is 11.5 Å². The van der Waals surface area contributed by atoms with E-state index in [1.165, 1.54) is 0 Å². The maximum atomic E-state index is 9.02. The summed E-state index contributed by atoms with van der Waals surface area (Å²) in [6.07, 6.45) is 0.843. The van der Waals surface area contributed by atoms with E-state index in [4.69, 9.17) is 14.6 Å². The van der Waals surface area contributed by atoms with E-state index in [2.05, 4.69) is 19.2 Å². The second kappa shape index (κ2) is 7.50. The summed E-state index contributed by atoms with van der Waals surface area (Å²) in [5.41, 5.74) is 1.04. The molecule has 4 nitrogen and oxygen atoms in total. The minimum absolute atomic E-state index is 0.0882. The normalized spacial score (nSPS) is 11.8. The molecule has 0 saturated heterocycles. The van der Waals surface area contributed by atoms with Crippen molar-refractivity contribution in [3.8, 4) is 11.5 Å². The second-order valence-electron chi connectivity index (χ2n) is 5.86. The van der Waals surface area contributed by atoms with Crippen LogP contribution in [0.1, 0.15) is 39.7 Å². The van der Waals surface area contributed by atoms with Crippen molar-refractivity contribution in [3.05, 3.63) is 23.8 Å². The molecule has 0 atom stereocenters. The van der Waals surface area contributed by atoms with E-state index >= 15 is 0 Å². The molecule has 0 saturated carbocycles. The predicted molar refractivity (Wildman–Crippen MR) is 81.4 cm³/mol. The van der Waals surface area contributed by atoms with Crippen LogP contribution >= 0.6 is 0 Å². The van der Waals surface area contributed by atoms with Crippen molar-refractivity contribution in [2.24, 2.45) is 0 Å². The fraction of sp³-hybridized carbons (Fsp3) is 0.625. The summed E-state index contributed by atoms with van der Waals surface area (Å²) >= 11 is 0. The van der Waals surface area contributed by atoms with Crippen LogP contribution in [0.5, 0.6) is 11.5 Å². The number of methoxy groups -OCH3 is 1. The molecular weight excluding hydrogens is 254 g/mol. The van der Waals surface area contributed by atoms with Gasteiger partial charge in [-0.15, -0.1) is 0 Å². The molecule has 0 unspecified atom stereocenters. The molecule has 0 aliphatic rings. The second-order valence-corrected chi connectivity index (χ2v) is 5.86. The van der Waals surface area contributed by atoms with Gasteiger partial charge in [0.1, 0.15) is 0 Å². The smallest absolute Gasteiger partial charge is 0.161 e. The lowest BCUT2D eigenvalue weighted by molar-refractivity contribution is 0.228. The minimum atomic E-state index is -0.0882. The Hall–Kier alpha value is -1.26. The van der Waals surface area contributed by atoms with Crippen molar-refractivity contribution in [1.82, 2.24) is 5.32 Å². The number of hydrogen-bond acceptors (Lipinski definition) is 4. The van der Waals surface area contributed by atoms with Crippen LogP contribution in [0.2, 0.25) is 0 Å². The summed E-state index contributed by atoms with van der Waals surface area (Å²) in [6.45, 7) is 9.06. The zero-order chi connectivity index (χ0) is 15.2. The molecule has 4 heteroatoms. The van der Waals surface area contributed by atoms with Crippen molar-refractivity contribution in [2.45, 2.75) is 52.3 Å². The van der Waals surface area contributed by atoms with Gasteiger partial charge < -0.3 is 19.9 Å². The molecular formula is C16H27NO3. The van der Waals surface area contributed by atoms with E-state index in [1.54, 1.807) is 7.11 Å². The standard InChI is InChI=1S/C16H27NO3/c1-12(2)20-14-7-6-13(10-15(14)19-5)11-17-16(3,4)8-9-18/h6-7,10,12,17-18H,8-9,11H2,1-5H3. The maximum Gasteiger partial charge on any atom is 0.161 e. The summed E-state index contributed by atoms with van der Waals surface area (Å²) in [5.74, 6) is 1.51. The average Bonchev–Trinajstić information content (AvgIpc) is 2.37. The van der Waals surface area contributed by atoms with Gasteiger partial charge in [-0.3, -0.25) is 0 Å². The molecule has 20 heavy (non-hydrogen) atoms. The molecule has 0 aliphatic carbocycles. The molecule has 114 valence electrons. The monoisotopic (exact) mass is 281 g/mol. The first-order valence-electron chi connectivity index (χ1n) is 7.07. The van der Waals surface area contributed by atoms with E-state index in [0.29, 0.717) is 0 Å². The third-order valence-electron chi connectivity index (χ3n) is 3.10. The van der Waals surface area contributed by atoms with E-state index in [-0.39, 0.29) is 18.2 Å². The Morgan fingerprint density at radius 3 is 2.50 bits per heavy atom. The number of benzene rings is 1. The highest BCUT2D eigenvalue weighted by molar-refractivity contribution is 5.43. The summed E-state index contributed by atoms with van der Waals surface area (Å²) in [5, 5.41) is 12.5. The quantitative estimate of drug-likeness (QED) is 0.769. The number of aliphatic hydroxyl groups excluding tert-OH is 1. The van der Waals surface area contributed by atoms with Gasteiger partial charge in [0.25, 0.3) is 0 Å². The lowest BCUT2D eigenvalue weighted by atomic mass is 10.0. The summed E-state index contributed by atoms with van der Waals surface area (Å²) in [7, 11) is 1.65. The molecule has 1 aromatic rings. The molecule has 1 aromatic carbocycles. The van der Waals surface area contributed by atoms with Crippen LogP contribution in [-0.4, -0.2) is 30.5 Å². The van der Waals surface area contributed by atoms with E-state index < -0.39 is 0 Å². The van der Waals surface area contributed by atoms with Gasteiger partial charge >= 0.3 is 0 Å². The molecule has 0 heterocycles. The minimum Gasteiger partial charge on any atom is -0.493 e. The third kappa shape index (κ3) is 5.39. The van der Waals surface area contributed by atoms with Crippen molar-refractivity contribution < 1.29 is 14.6 Å². The van der Waals surface area contributed by atoms with Gasteiger partial charge in [-0.2, -0.15) is 0 Å². The van der Waals surface area contributed by atoms with E-state index in [9.17, 15) is 0 Å².